The van der Waals surface area contributed by atoms with Crippen LogP contribution < -0.4 is 9.80 Å². The molecule has 1 aromatic carbocycles. The zero-order valence-corrected chi connectivity index (χ0v) is 13.1. The van der Waals surface area contributed by atoms with Crippen molar-refractivity contribution in [3.05, 3.63) is 42.1 Å². The lowest BCUT2D eigenvalue weighted by Gasteiger charge is -2.34. The van der Waals surface area contributed by atoms with Crippen molar-refractivity contribution >= 4 is 22.9 Å². The van der Waals surface area contributed by atoms with Crippen LogP contribution in [0.4, 0.5) is 25.0 Å². The Labute approximate surface area is 140 Å². The lowest BCUT2D eigenvalue weighted by molar-refractivity contribution is -0.141. The van der Waals surface area contributed by atoms with Gasteiger partial charge in [0.05, 0.1) is 0 Å². The van der Waals surface area contributed by atoms with Gasteiger partial charge in [0.15, 0.2) is 17.1 Å². The molecule has 3 aromatic rings. The molecule has 0 N–H and O–H groups in total. The van der Waals surface area contributed by atoms with Crippen LogP contribution in [-0.4, -0.2) is 41.4 Å². The zero-order chi connectivity index (χ0) is 17.4. The molecule has 1 saturated heterocycles. The number of aromatic nitrogens is 3. The van der Waals surface area contributed by atoms with Gasteiger partial charge in [-0.25, -0.2) is 0 Å². The first-order valence-electron chi connectivity index (χ1n) is 7.77. The molecule has 0 atom stereocenters. The fourth-order valence-electron chi connectivity index (χ4n) is 2.77. The second kappa shape index (κ2) is 5.91. The average Bonchev–Trinajstić information content (AvgIpc) is 3.05. The minimum atomic E-state index is -4.48. The maximum absolute atomic E-state index is 12.5. The van der Waals surface area contributed by atoms with Gasteiger partial charge in [-0.2, -0.15) is 18.2 Å². The molecule has 0 spiro atoms. The summed E-state index contributed by atoms with van der Waals surface area (Å²) in [6, 6.07) is 10.4. The van der Waals surface area contributed by atoms with E-state index in [-0.39, 0.29) is 0 Å². The van der Waals surface area contributed by atoms with Crippen molar-refractivity contribution in [2.24, 2.45) is 0 Å². The summed E-state index contributed by atoms with van der Waals surface area (Å²) < 4.78 is 43.4. The molecule has 0 amide bonds. The highest BCUT2D eigenvalue weighted by atomic mass is 19.4. The van der Waals surface area contributed by atoms with Gasteiger partial charge in [-0.1, -0.05) is 12.1 Å². The molecule has 0 unspecified atom stereocenters. The highest BCUT2D eigenvalue weighted by molar-refractivity contribution is 5.74. The molecule has 25 heavy (non-hydrogen) atoms. The minimum Gasteiger partial charge on any atom is -0.423 e. The number of benzene rings is 1. The molecule has 6 nitrogen and oxygen atoms in total. The standard InChI is InChI=1S/C16H14F3N5O/c17-16(18,19)13-5-6-14(22-21-13)23-7-9-24(10-8-23)15-20-11-3-1-2-4-12(11)25-15/h1-6H,7-10H2. The summed E-state index contributed by atoms with van der Waals surface area (Å²) in [5.41, 5.74) is 0.545. The molecule has 4 rings (SSSR count). The topological polar surface area (TPSA) is 58.3 Å². The van der Waals surface area contributed by atoms with Crippen LogP contribution >= 0.6 is 0 Å². The van der Waals surface area contributed by atoms with Crippen molar-refractivity contribution in [3.63, 3.8) is 0 Å². The van der Waals surface area contributed by atoms with Crippen LogP contribution in [0.1, 0.15) is 5.69 Å². The first kappa shape index (κ1) is 15.7. The van der Waals surface area contributed by atoms with Gasteiger partial charge in [0.2, 0.25) is 0 Å². The Kier molecular flexibility index (Phi) is 3.70. The van der Waals surface area contributed by atoms with E-state index in [1.807, 2.05) is 34.1 Å². The highest BCUT2D eigenvalue weighted by Gasteiger charge is 2.33. The summed E-state index contributed by atoms with van der Waals surface area (Å²) in [7, 11) is 0. The molecule has 9 heteroatoms. The van der Waals surface area contributed by atoms with Gasteiger partial charge in [0, 0.05) is 26.2 Å². The van der Waals surface area contributed by atoms with Gasteiger partial charge in [0.1, 0.15) is 5.52 Å². The van der Waals surface area contributed by atoms with Crippen LogP contribution in [0.5, 0.6) is 0 Å². The number of fused-ring (bicyclic) bond motifs is 1. The van der Waals surface area contributed by atoms with Crippen LogP contribution in [-0.2, 0) is 6.18 Å². The van der Waals surface area contributed by atoms with Crippen LogP contribution in [0, 0.1) is 0 Å². The van der Waals surface area contributed by atoms with E-state index in [2.05, 4.69) is 15.2 Å². The Balaban J connectivity index is 1.44. The maximum Gasteiger partial charge on any atom is 0.435 e. The van der Waals surface area contributed by atoms with Gasteiger partial charge < -0.3 is 14.2 Å². The molecular formula is C16H14F3N5O. The molecule has 1 aliphatic heterocycles. The van der Waals surface area contributed by atoms with E-state index in [0.717, 1.165) is 17.2 Å². The van der Waals surface area contributed by atoms with E-state index in [1.54, 1.807) is 0 Å². The lowest BCUT2D eigenvalue weighted by atomic mass is 10.3. The molecular weight excluding hydrogens is 335 g/mol. The fraction of sp³-hybridized carbons (Fsp3) is 0.312. The second-order valence-electron chi connectivity index (χ2n) is 5.71. The van der Waals surface area contributed by atoms with Crippen molar-refractivity contribution in [2.45, 2.75) is 6.18 Å². The van der Waals surface area contributed by atoms with Crippen LogP contribution in [0.25, 0.3) is 11.1 Å². The van der Waals surface area contributed by atoms with Crippen molar-refractivity contribution < 1.29 is 17.6 Å². The Morgan fingerprint density at radius 1 is 0.880 bits per heavy atom. The Hall–Kier alpha value is -2.84. The quantitative estimate of drug-likeness (QED) is 0.709. The number of para-hydroxylation sites is 2. The molecule has 1 fully saturated rings. The summed E-state index contributed by atoms with van der Waals surface area (Å²) in [4.78, 5) is 8.36. The number of hydrogen-bond donors (Lipinski definition) is 0. The second-order valence-corrected chi connectivity index (χ2v) is 5.71. The average molecular weight is 349 g/mol. The van der Waals surface area contributed by atoms with Crippen LogP contribution in [0.3, 0.4) is 0 Å². The monoisotopic (exact) mass is 349 g/mol. The van der Waals surface area contributed by atoms with Crippen LogP contribution in [0.2, 0.25) is 0 Å². The Morgan fingerprint density at radius 3 is 2.24 bits per heavy atom. The van der Waals surface area contributed by atoms with E-state index < -0.39 is 11.9 Å². The number of alkyl halides is 3. The number of hydrogen-bond acceptors (Lipinski definition) is 6. The molecule has 0 radical (unpaired) electrons. The van der Waals surface area contributed by atoms with Gasteiger partial charge in [0.25, 0.3) is 6.01 Å². The predicted octanol–water partition coefficient (Wildman–Crippen LogP) is 2.96. The maximum atomic E-state index is 12.5. The lowest BCUT2D eigenvalue weighted by Crippen LogP contribution is -2.47. The molecule has 0 saturated carbocycles. The first-order valence-corrected chi connectivity index (χ1v) is 7.77. The Bertz CT molecular complexity index is 836. The third-order valence-corrected chi connectivity index (χ3v) is 4.10. The summed E-state index contributed by atoms with van der Waals surface area (Å²) in [5.74, 6) is 0.435. The van der Waals surface area contributed by atoms with E-state index in [1.165, 1.54) is 6.07 Å². The largest absolute Gasteiger partial charge is 0.435 e. The number of oxazole rings is 1. The van der Waals surface area contributed by atoms with Gasteiger partial charge in [-0.05, 0) is 24.3 Å². The smallest absolute Gasteiger partial charge is 0.423 e. The summed E-state index contributed by atoms with van der Waals surface area (Å²) in [6.45, 7) is 2.46. The molecule has 0 aliphatic carbocycles. The molecule has 2 aromatic heterocycles. The number of anilines is 2. The highest BCUT2D eigenvalue weighted by Crippen LogP contribution is 2.28. The zero-order valence-electron chi connectivity index (χ0n) is 13.1. The SMILES string of the molecule is FC(F)(F)c1ccc(N2CCN(c3nc4ccccc4o3)CC2)nn1. The molecule has 0 bridgehead atoms. The van der Waals surface area contributed by atoms with E-state index in [4.69, 9.17) is 4.42 Å². The number of nitrogens with zero attached hydrogens (tertiary/aromatic N) is 5. The fourth-order valence-corrected chi connectivity index (χ4v) is 2.77. The van der Waals surface area contributed by atoms with E-state index >= 15 is 0 Å². The minimum absolute atomic E-state index is 0.435. The van der Waals surface area contributed by atoms with Crippen molar-refractivity contribution in [1.29, 1.82) is 0 Å². The molecule has 130 valence electrons. The Morgan fingerprint density at radius 2 is 1.60 bits per heavy atom. The summed E-state index contributed by atoms with van der Waals surface area (Å²) >= 11 is 0. The normalized spacial score (nSPS) is 15.8. The number of piperazine rings is 1. The summed E-state index contributed by atoms with van der Waals surface area (Å²) in [5, 5.41) is 6.97. The van der Waals surface area contributed by atoms with E-state index in [0.29, 0.717) is 38.0 Å². The molecule has 1 aliphatic rings. The predicted molar refractivity (Wildman–Crippen MR) is 85.5 cm³/mol. The number of halogens is 3. The molecule has 3 heterocycles. The van der Waals surface area contributed by atoms with Gasteiger partial charge in [-0.3, -0.25) is 0 Å². The van der Waals surface area contributed by atoms with Crippen molar-refractivity contribution in [3.8, 4) is 0 Å². The van der Waals surface area contributed by atoms with Crippen molar-refractivity contribution in [2.75, 3.05) is 36.0 Å². The van der Waals surface area contributed by atoms with Crippen molar-refractivity contribution in [1.82, 2.24) is 15.2 Å². The van der Waals surface area contributed by atoms with Gasteiger partial charge in [-0.15, -0.1) is 10.2 Å². The third-order valence-electron chi connectivity index (χ3n) is 4.10. The van der Waals surface area contributed by atoms with Crippen LogP contribution in [0.15, 0.2) is 40.8 Å². The number of rotatable bonds is 2. The van der Waals surface area contributed by atoms with Gasteiger partial charge >= 0.3 is 6.18 Å². The first-order chi connectivity index (χ1) is 12.0. The third kappa shape index (κ3) is 3.09. The summed E-state index contributed by atoms with van der Waals surface area (Å²) in [6.07, 6.45) is -4.48. The van der Waals surface area contributed by atoms with E-state index in [9.17, 15) is 13.2 Å².